The molecule has 1 aliphatic rings. The highest BCUT2D eigenvalue weighted by molar-refractivity contribution is 7.90. The van der Waals surface area contributed by atoms with Gasteiger partial charge in [0.1, 0.15) is 4.90 Å². The van der Waals surface area contributed by atoms with E-state index in [-0.39, 0.29) is 16.5 Å². The van der Waals surface area contributed by atoms with Crippen LogP contribution in [0.1, 0.15) is 18.1 Å². The first-order valence-electron chi connectivity index (χ1n) is 7.60. The standard InChI is InChI=1S/C17H17N3O4S/c1-3-24-15-10-12(8-9-14(15)21)11-18-20(2)17-13-6-4-5-7-16(13)25(22,23)19-17/h4-11,21H,3H2,1-2H3/b18-11-. The lowest BCUT2D eigenvalue weighted by Gasteiger charge is -2.12. The van der Waals surface area contributed by atoms with Crippen molar-refractivity contribution < 1.29 is 18.3 Å². The number of hydrogen-bond acceptors (Lipinski definition) is 6. The second-order valence-corrected chi connectivity index (χ2v) is 6.89. The number of aromatic hydroxyl groups is 1. The van der Waals surface area contributed by atoms with Gasteiger partial charge in [-0.15, -0.1) is 4.40 Å². The largest absolute Gasteiger partial charge is 0.504 e. The number of sulfonamides is 1. The van der Waals surface area contributed by atoms with Gasteiger partial charge in [-0.1, -0.05) is 12.1 Å². The third-order valence-corrected chi connectivity index (χ3v) is 4.91. The number of ether oxygens (including phenoxy) is 1. The van der Waals surface area contributed by atoms with Crippen molar-refractivity contribution in [1.29, 1.82) is 0 Å². The van der Waals surface area contributed by atoms with Crippen molar-refractivity contribution >= 4 is 22.1 Å². The van der Waals surface area contributed by atoms with E-state index in [0.717, 1.165) is 0 Å². The quantitative estimate of drug-likeness (QED) is 0.667. The molecule has 0 radical (unpaired) electrons. The van der Waals surface area contributed by atoms with Crippen LogP contribution in [-0.2, 0) is 10.0 Å². The minimum Gasteiger partial charge on any atom is -0.504 e. The Balaban J connectivity index is 1.87. The van der Waals surface area contributed by atoms with Crippen molar-refractivity contribution in [2.45, 2.75) is 11.8 Å². The average molecular weight is 359 g/mol. The van der Waals surface area contributed by atoms with Crippen LogP contribution in [0.4, 0.5) is 0 Å². The smallest absolute Gasteiger partial charge is 0.285 e. The van der Waals surface area contributed by atoms with E-state index in [0.29, 0.717) is 23.5 Å². The number of amidine groups is 1. The van der Waals surface area contributed by atoms with E-state index in [2.05, 4.69) is 9.50 Å². The van der Waals surface area contributed by atoms with Crippen LogP contribution in [0.5, 0.6) is 11.5 Å². The Morgan fingerprint density at radius 1 is 1.28 bits per heavy atom. The van der Waals surface area contributed by atoms with Gasteiger partial charge in [0.25, 0.3) is 10.0 Å². The average Bonchev–Trinajstić information content (AvgIpc) is 2.87. The summed E-state index contributed by atoms with van der Waals surface area (Å²) in [5.74, 6) is 0.670. The molecule has 0 atom stereocenters. The van der Waals surface area contributed by atoms with Gasteiger partial charge in [-0.3, -0.25) is 0 Å². The number of benzene rings is 2. The predicted molar refractivity (Wildman–Crippen MR) is 94.8 cm³/mol. The number of hydrogen-bond donors (Lipinski definition) is 1. The van der Waals surface area contributed by atoms with Gasteiger partial charge in [0.2, 0.25) is 0 Å². The third-order valence-electron chi connectivity index (χ3n) is 3.58. The zero-order chi connectivity index (χ0) is 18.0. The molecule has 2 aromatic rings. The van der Waals surface area contributed by atoms with Crippen LogP contribution in [0.25, 0.3) is 0 Å². The molecule has 0 fully saturated rings. The van der Waals surface area contributed by atoms with E-state index in [1.54, 1.807) is 37.4 Å². The Hall–Kier alpha value is -2.87. The van der Waals surface area contributed by atoms with Crippen molar-refractivity contribution in [3.05, 3.63) is 53.6 Å². The molecule has 0 saturated carbocycles. The molecule has 3 rings (SSSR count). The number of rotatable bonds is 4. The van der Waals surface area contributed by atoms with Crippen LogP contribution in [-0.4, -0.2) is 44.2 Å². The van der Waals surface area contributed by atoms with E-state index in [1.807, 2.05) is 6.92 Å². The van der Waals surface area contributed by atoms with Gasteiger partial charge >= 0.3 is 0 Å². The summed E-state index contributed by atoms with van der Waals surface area (Å²) in [6.45, 7) is 2.25. The molecule has 0 saturated heterocycles. The fraction of sp³-hybridized carbons (Fsp3) is 0.176. The summed E-state index contributed by atoms with van der Waals surface area (Å²) < 4.78 is 33.3. The molecule has 0 bridgehead atoms. The Morgan fingerprint density at radius 3 is 2.80 bits per heavy atom. The lowest BCUT2D eigenvalue weighted by atomic mass is 10.2. The zero-order valence-electron chi connectivity index (χ0n) is 13.7. The monoisotopic (exact) mass is 359 g/mol. The molecular weight excluding hydrogens is 342 g/mol. The summed E-state index contributed by atoms with van der Waals surface area (Å²) in [7, 11) is -2.06. The molecular formula is C17H17N3O4S. The molecule has 1 N–H and O–H groups in total. The molecule has 2 aromatic carbocycles. The Morgan fingerprint density at radius 2 is 2.04 bits per heavy atom. The SMILES string of the molecule is CCOc1cc(/C=N\N(C)C2=NS(=O)(=O)c3ccccc32)ccc1O. The lowest BCUT2D eigenvalue weighted by Crippen LogP contribution is -2.21. The second-order valence-electron chi connectivity index (χ2n) is 5.31. The fourth-order valence-corrected chi connectivity index (χ4v) is 3.64. The van der Waals surface area contributed by atoms with E-state index < -0.39 is 10.0 Å². The summed E-state index contributed by atoms with van der Waals surface area (Å²) in [6.07, 6.45) is 1.54. The third kappa shape index (κ3) is 3.34. The van der Waals surface area contributed by atoms with Crippen molar-refractivity contribution in [2.24, 2.45) is 9.50 Å². The van der Waals surface area contributed by atoms with Crippen molar-refractivity contribution in [1.82, 2.24) is 5.01 Å². The van der Waals surface area contributed by atoms with Crippen molar-refractivity contribution in [2.75, 3.05) is 13.7 Å². The Labute approximate surface area is 145 Å². The number of phenolic OH excluding ortho intramolecular Hbond substituents is 1. The Bertz CT molecular complexity index is 968. The van der Waals surface area contributed by atoms with Gasteiger partial charge in [0.05, 0.1) is 12.8 Å². The topological polar surface area (TPSA) is 91.6 Å². The van der Waals surface area contributed by atoms with Crippen LogP contribution < -0.4 is 4.74 Å². The van der Waals surface area contributed by atoms with E-state index >= 15 is 0 Å². The molecule has 7 nitrogen and oxygen atoms in total. The summed E-state index contributed by atoms with van der Waals surface area (Å²) in [6, 6.07) is 11.5. The second kappa shape index (κ2) is 6.56. The first-order valence-corrected chi connectivity index (χ1v) is 9.04. The predicted octanol–water partition coefficient (Wildman–Crippen LogP) is 2.21. The lowest BCUT2D eigenvalue weighted by molar-refractivity contribution is 0.318. The Kier molecular flexibility index (Phi) is 4.45. The van der Waals surface area contributed by atoms with Gasteiger partial charge in [0.15, 0.2) is 17.3 Å². The molecule has 0 spiro atoms. The molecule has 1 heterocycles. The van der Waals surface area contributed by atoms with E-state index in [1.165, 1.54) is 23.4 Å². The summed E-state index contributed by atoms with van der Waals surface area (Å²) >= 11 is 0. The molecule has 1 aliphatic heterocycles. The maximum Gasteiger partial charge on any atom is 0.285 e. The van der Waals surface area contributed by atoms with Gasteiger partial charge in [-0.25, -0.2) is 5.01 Å². The van der Waals surface area contributed by atoms with E-state index in [9.17, 15) is 13.5 Å². The minimum absolute atomic E-state index is 0.0487. The first kappa shape index (κ1) is 17.0. The number of nitrogens with zero attached hydrogens (tertiary/aromatic N) is 3. The number of hydrazone groups is 1. The van der Waals surface area contributed by atoms with Gasteiger partial charge in [-0.05, 0) is 42.8 Å². The summed E-state index contributed by atoms with van der Waals surface area (Å²) in [5.41, 5.74) is 1.21. The molecule has 0 unspecified atom stereocenters. The van der Waals surface area contributed by atoms with Crippen molar-refractivity contribution in [3.8, 4) is 11.5 Å². The molecule has 130 valence electrons. The highest BCUT2D eigenvalue weighted by Crippen LogP contribution is 2.28. The van der Waals surface area contributed by atoms with E-state index in [4.69, 9.17) is 4.74 Å². The number of phenols is 1. The maximum atomic E-state index is 12.1. The van der Waals surface area contributed by atoms with Crippen LogP contribution in [0.2, 0.25) is 0 Å². The van der Waals surface area contributed by atoms with Crippen LogP contribution >= 0.6 is 0 Å². The fourth-order valence-electron chi connectivity index (χ4n) is 2.41. The highest BCUT2D eigenvalue weighted by Gasteiger charge is 2.30. The number of fused-ring (bicyclic) bond motifs is 1. The molecule has 0 aromatic heterocycles. The van der Waals surface area contributed by atoms with Gasteiger partial charge in [-0.2, -0.15) is 13.5 Å². The zero-order valence-corrected chi connectivity index (χ0v) is 14.6. The highest BCUT2D eigenvalue weighted by atomic mass is 32.2. The summed E-state index contributed by atoms with van der Waals surface area (Å²) in [5, 5.41) is 15.4. The molecule has 0 aliphatic carbocycles. The van der Waals surface area contributed by atoms with Crippen LogP contribution in [0.15, 0.2) is 56.9 Å². The summed E-state index contributed by atoms with van der Waals surface area (Å²) in [4.78, 5) is 0.176. The molecule has 25 heavy (non-hydrogen) atoms. The normalized spacial score (nSPS) is 15.0. The molecule has 8 heteroatoms. The molecule has 0 amide bonds. The minimum atomic E-state index is -3.68. The van der Waals surface area contributed by atoms with Crippen LogP contribution in [0, 0.1) is 0 Å². The van der Waals surface area contributed by atoms with Crippen LogP contribution in [0.3, 0.4) is 0 Å². The first-order chi connectivity index (χ1) is 11.9. The van der Waals surface area contributed by atoms with Gasteiger partial charge in [0, 0.05) is 12.6 Å². The van der Waals surface area contributed by atoms with Gasteiger partial charge < -0.3 is 9.84 Å². The maximum absolute atomic E-state index is 12.1. The van der Waals surface area contributed by atoms with Crippen molar-refractivity contribution in [3.63, 3.8) is 0 Å².